The summed E-state index contributed by atoms with van der Waals surface area (Å²) in [6.07, 6.45) is 0. The number of amides is 1. The second-order valence-electron chi connectivity index (χ2n) is 5.27. The van der Waals surface area contributed by atoms with Crippen LogP contribution < -0.4 is 5.32 Å². The number of nitrogens with zero attached hydrogens (tertiary/aromatic N) is 2. The number of anilines is 1. The van der Waals surface area contributed by atoms with Crippen molar-refractivity contribution in [2.24, 2.45) is 5.92 Å². The van der Waals surface area contributed by atoms with Crippen LogP contribution >= 0.6 is 11.3 Å². The van der Waals surface area contributed by atoms with Gasteiger partial charge in [-0.05, 0) is 12.5 Å². The van der Waals surface area contributed by atoms with Crippen molar-refractivity contribution in [3.8, 4) is 0 Å². The molecule has 0 radical (unpaired) electrons. The molecule has 1 aromatic carbocycles. The van der Waals surface area contributed by atoms with E-state index >= 15 is 0 Å². The van der Waals surface area contributed by atoms with Gasteiger partial charge in [-0.1, -0.05) is 55.0 Å². The average molecular weight is 339 g/mol. The first-order chi connectivity index (χ1) is 10.3. The van der Waals surface area contributed by atoms with E-state index in [2.05, 4.69) is 15.5 Å². The number of sulfone groups is 1. The zero-order chi connectivity index (χ0) is 16.3. The second kappa shape index (κ2) is 6.53. The highest BCUT2D eigenvalue weighted by Gasteiger charge is 2.22. The van der Waals surface area contributed by atoms with Crippen LogP contribution in [0.1, 0.15) is 25.0 Å². The zero-order valence-electron chi connectivity index (χ0n) is 12.5. The molecule has 0 aliphatic carbocycles. The molecule has 0 spiro atoms. The molecule has 1 aromatic heterocycles. The quantitative estimate of drug-likeness (QED) is 0.845. The molecule has 0 unspecified atom stereocenters. The van der Waals surface area contributed by atoms with Crippen LogP contribution in [0.4, 0.5) is 5.13 Å². The van der Waals surface area contributed by atoms with Gasteiger partial charge in [-0.15, -0.1) is 10.2 Å². The van der Waals surface area contributed by atoms with E-state index in [9.17, 15) is 13.2 Å². The van der Waals surface area contributed by atoms with Crippen LogP contribution in [0.3, 0.4) is 0 Å². The summed E-state index contributed by atoms with van der Waals surface area (Å²) in [6, 6.07) is 7.29. The van der Waals surface area contributed by atoms with Gasteiger partial charge in [0.25, 0.3) is 0 Å². The number of carbonyl (C=O) groups excluding carboxylic acids is 1. The predicted octanol–water partition coefficient (Wildman–Crippen LogP) is 2.41. The Morgan fingerprint density at radius 3 is 2.68 bits per heavy atom. The molecule has 0 atom stereocenters. The first-order valence-electron chi connectivity index (χ1n) is 6.70. The van der Waals surface area contributed by atoms with Crippen LogP contribution in [-0.2, 0) is 20.4 Å². The first kappa shape index (κ1) is 16.6. The number of hydrogen-bond donors (Lipinski definition) is 1. The largest absolute Gasteiger partial charge is 0.300 e. The number of aromatic nitrogens is 2. The summed E-state index contributed by atoms with van der Waals surface area (Å²) in [5.41, 5.74) is 1.69. The lowest BCUT2D eigenvalue weighted by molar-refractivity contribution is -0.118. The van der Waals surface area contributed by atoms with Crippen molar-refractivity contribution in [1.29, 1.82) is 0 Å². The van der Waals surface area contributed by atoms with Gasteiger partial charge in [0.05, 0.1) is 5.75 Å². The average Bonchev–Trinajstić information content (AvgIpc) is 2.87. The molecule has 2 rings (SSSR count). The molecule has 8 heteroatoms. The molecule has 0 fully saturated rings. The minimum absolute atomic E-state index is 0.0898. The van der Waals surface area contributed by atoms with Crippen LogP contribution in [0, 0.1) is 12.8 Å². The van der Waals surface area contributed by atoms with E-state index in [0.29, 0.717) is 5.56 Å². The van der Waals surface area contributed by atoms with Gasteiger partial charge >= 0.3 is 0 Å². The molecule has 118 valence electrons. The van der Waals surface area contributed by atoms with Crippen molar-refractivity contribution in [3.05, 3.63) is 35.4 Å². The summed E-state index contributed by atoms with van der Waals surface area (Å²) < 4.78 is 24.6. The van der Waals surface area contributed by atoms with Crippen molar-refractivity contribution >= 4 is 32.2 Å². The Morgan fingerprint density at radius 1 is 1.32 bits per heavy atom. The topological polar surface area (TPSA) is 89.0 Å². The molecule has 22 heavy (non-hydrogen) atoms. The first-order valence-corrected chi connectivity index (χ1v) is 9.17. The molecule has 1 heterocycles. The van der Waals surface area contributed by atoms with Crippen molar-refractivity contribution in [2.45, 2.75) is 30.9 Å². The molecule has 0 aliphatic rings. The van der Waals surface area contributed by atoms with E-state index in [0.717, 1.165) is 16.9 Å². The lowest BCUT2D eigenvalue weighted by Gasteiger charge is -2.03. The Balaban J connectivity index is 2.17. The Bertz CT molecular complexity index is 782. The molecule has 0 bridgehead atoms. The normalized spacial score (nSPS) is 11.6. The number of rotatable bonds is 5. The van der Waals surface area contributed by atoms with Gasteiger partial charge in [0, 0.05) is 5.92 Å². The van der Waals surface area contributed by atoms with Crippen molar-refractivity contribution < 1.29 is 13.2 Å². The van der Waals surface area contributed by atoms with Gasteiger partial charge in [-0.25, -0.2) is 8.42 Å². The van der Waals surface area contributed by atoms with Gasteiger partial charge < -0.3 is 5.32 Å². The molecule has 1 N–H and O–H groups in total. The standard InChI is InChI=1S/C14H17N3O3S2/c1-9(2)12(18)15-13-16-17-14(21-13)22(19,20)8-11-6-4-5-10(3)7-11/h4-7,9H,8H2,1-3H3,(H,15,16,18). The van der Waals surface area contributed by atoms with Crippen LogP contribution in [-0.4, -0.2) is 24.5 Å². The number of benzene rings is 1. The monoisotopic (exact) mass is 339 g/mol. The van der Waals surface area contributed by atoms with E-state index in [4.69, 9.17) is 0 Å². The van der Waals surface area contributed by atoms with E-state index in [-0.39, 0.29) is 27.0 Å². The molecule has 0 aliphatic heterocycles. The van der Waals surface area contributed by atoms with Crippen LogP contribution in [0.15, 0.2) is 28.6 Å². The molecule has 0 saturated carbocycles. The summed E-state index contributed by atoms with van der Waals surface area (Å²) in [5.74, 6) is -0.573. The molecule has 6 nitrogen and oxygen atoms in total. The maximum atomic E-state index is 12.3. The Labute approximate surface area is 133 Å². The fraction of sp³-hybridized carbons (Fsp3) is 0.357. The van der Waals surface area contributed by atoms with Gasteiger partial charge in [0.2, 0.25) is 25.2 Å². The van der Waals surface area contributed by atoms with E-state index < -0.39 is 9.84 Å². The maximum Gasteiger partial charge on any atom is 0.234 e. The molecule has 1 amide bonds. The number of aryl methyl sites for hydroxylation is 1. The van der Waals surface area contributed by atoms with Gasteiger partial charge in [0.15, 0.2) is 0 Å². The smallest absolute Gasteiger partial charge is 0.234 e. The Kier molecular flexibility index (Phi) is 4.92. The SMILES string of the molecule is Cc1cccc(CS(=O)(=O)c2nnc(NC(=O)C(C)C)s2)c1. The third-order valence-corrected chi connectivity index (χ3v) is 5.84. The fourth-order valence-electron chi connectivity index (χ4n) is 1.72. The molecular formula is C14H17N3O3S2. The highest BCUT2D eigenvalue weighted by molar-refractivity contribution is 7.92. The highest BCUT2D eigenvalue weighted by Crippen LogP contribution is 2.24. The molecular weight excluding hydrogens is 322 g/mol. The minimum Gasteiger partial charge on any atom is -0.300 e. The summed E-state index contributed by atoms with van der Waals surface area (Å²) >= 11 is 0.867. The van der Waals surface area contributed by atoms with Gasteiger partial charge in [-0.3, -0.25) is 4.79 Å². The Morgan fingerprint density at radius 2 is 2.05 bits per heavy atom. The van der Waals surface area contributed by atoms with Gasteiger partial charge in [0.1, 0.15) is 0 Å². The lowest BCUT2D eigenvalue weighted by Crippen LogP contribution is -2.17. The Hall–Kier alpha value is -1.80. The van der Waals surface area contributed by atoms with Gasteiger partial charge in [-0.2, -0.15) is 0 Å². The van der Waals surface area contributed by atoms with Crippen molar-refractivity contribution in [3.63, 3.8) is 0 Å². The van der Waals surface area contributed by atoms with Crippen LogP contribution in [0.25, 0.3) is 0 Å². The van der Waals surface area contributed by atoms with Crippen molar-refractivity contribution in [1.82, 2.24) is 10.2 Å². The van der Waals surface area contributed by atoms with Crippen LogP contribution in [0.2, 0.25) is 0 Å². The number of nitrogens with one attached hydrogen (secondary N) is 1. The highest BCUT2D eigenvalue weighted by atomic mass is 32.2. The lowest BCUT2D eigenvalue weighted by atomic mass is 10.2. The fourth-order valence-corrected chi connectivity index (χ4v) is 4.03. The number of hydrogen-bond acceptors (Lipinski definition) is 6. The van der Waals surface area contributed by atoms with E-state index in [1.165, 1.54) is 0 Å². The minimum atomic E-state index is -3.57. The summed E-state index contributed by atoms with van der Waals surface area (Å²) in [6.45, 7) is 5.39. The van der Waals surface area contributed by atoms with Crippen molar-refractivity contribution in [2.75, 3.05) is 5.32 Å². The number of carbonyl (C=O) groups is 1. The van der Waals surface area contributed by atoms with Crippen LogP contribution in [0.5, 0.6) is 0 Å². The third kappa shape index (κ3) is 4.11. The second-order valence-corrected chi connectivity index (χ2v) is 8.41. The summed E-state index contributed by atoms with van der Waals surface area (Å²) in [4.78, 5) is 11.6. The third-order valence-electron chi connectivity index (χ3n) is 2.87. The molecule has 0 saturated heterocycles. The summed E-state index contributed by atoms with van der Waals surface area (Å²) in [7, 11) is -3.57. The molecule has 2 aromatic rings. The zero-order valence-corrected chi connectivity index (χ0v) is 14.2. The summed E-state index contributed by atoms with van der Waals surface area (Å²) in [5, 5.41) is 10.2. The maximum absolute atomic E-state index is 12.3. The van der Waals surface area contributed by atoms with E-state index in [1.807, 2.05) is 25.1 Å². The predicted molar refractivity (Wildman–Crippen MR) is 85.4 cm³/mol. The van der Waals surface area contributed by atoms with E-state index in [1.54, 1.807) is 19.9 Å².